The van der Waals surface area contributed by atoms with Gasteiger partial charge < -0.3 is 14.8 Å². The summed E-state index contributed by atoms with van der Waals surface area (Å²) in [5.41, 5.74) is 1.41. The molecule has 0 aliphatic heterocycles. The highest BCUT2D eigenvalue weighted by Crippen LogP contribution is 2.26. The number of anilines is 1. The first kappa shape index (κ1) is 21.2. The summed E-state index contributed by atoms with van der Waals surface area (Å²) in [7, 11) is -0.874. The van der Waals surface area contributed by atoms with E-state index in [4.69, 9.17) is 9.47 Å². The van der Waals surface area contributed by atoms with Crippen molar-refractivity contribution < 1.29 is 22.7 Å². The molecule has 0 unspecified atom stereocenters. The lowest BCUT2D eigenvalue weighted by molar-refractivity contribution is 0.0950. The van der Waals surface area contributed by atoms with Crippen LogP contribution in [0.4, 0.5) is 5.69 Å². The quantitative estimate of drug-likeness (QED) is 0.576. The molecule has 156 valence electrons. The molecule has 0 aliphatic rings. The van der Waals surface area contributed by atoms with E-state index in [9.17, 15) is 13.2 Å². The highest BCUT2D eigenvalue weighted by Gasteiger charge is 2.18. The Morgan fingerprint density at radius 3 is 2.43 bits per heavy atom. The Kier molecular flexibility index (Phi) is 6.58. The molecule has 8 heteroatoms. The average molecular weight is 426 g/mol. The van der Waals surface area contributed by atoms with Crippen LogP contribution in [0.2, 0.25) is 0 Å². The van der Waals surface area contributed by atoms with Crippen LogP contribution in [0.15, 0.2) is 77.7 Å². The van der Waals surface area contributed by atoms with Crippen molar-refractivity contribution in [1.29, 1.82) is 0 Å². The largest absolute Gasteiger partial charge is 0.497 e. The Hall–Kier alpha value is -3.52. The summed E-state index contributed by atoms with van der Waals surface area (Å²) in [6.45, 7) is 0.284. The van der Waals surface area contributed by atoms with Gasteiger partial charge in [0, 0.05) is 12.1 Å². The van der Waals surface area contributed by atoms with Crippen LogP contribution < -0.4 is 19.5 Å². The molecule has 2 N–H and O–H groups in total. The van der Waals surface area contributed by atoms with Gasteiger partial charge in [-0.2, -0.15) is 0 Å². The minimum absolute atomic E-state index is 0.0255. The first-order chi connectivity index (χ1) is 14.4. The highest BCUT2D eigenvalue weighted by molar-refractivity contribution is 7.92. The van der Waals surface area contributed by atoms with E-state index in [-0.39, 0.29) is 22.9 Å². The fraction of sp³-hybridized carbons (Fsp3) is 0.136. The van der Waals surface area contributed by atoms with Crippen LogP contribution in [0.5, 0.6) is 11.5 Å². The monoisotopic (exact) mass is 426 g/mol. The van der Waals surface area contributed by atoms with Crippen LogP contribution in [0.1, 0.15) is 15.9 Å². The molecule has 0 fully saturated rings. The minimum atomic E-state index is -3.90. The Morgan fingerprint density at radius 2 is 1.67 bits per heavy atom. The first-order valence-corrected chi connectivity index (χ1v) is 10.6. The number of hydrogen-bond acceptors (Lipinski definition) is 5. The van der Waals surface area contributed by atoms with Gasteiger partial charge in [0.1, 0.15) is 11.5 Å². The van der Waals surface area contributed by atoms with Gasteiger partial charge in [-0.15, -0.1) is 0 Å². The van der Waals surface area contributed by atoms with Crippen LogP contribution in [-0.2, 0) is 16.6 Å². The van der Waals surface area contributed by atoms with Crippen LogP contribution >= 0.6 is 0 Å². The maximum atomic E-state index is 12.8. The number of rotatable bonds is 8. The zero-order chi connectivity index (χ0) is 21.6. The average Bonchev–Trinajstić information content (AvgIpc) is 2.78. The van der Waals surface area contributed by atoms with E-state index >= 15 is 0 Å². The SMILES string of the molecule is COc1cccc(CNC(=O)c2cccc(S(=O)(=O)Nc3ccccc3OC)c2)c1. The second kappa shape index (κ2) is 9.32. The number of benzene rings is 3. The predicted octanol–water partition coefficient (Wildman–Crippen LogP) is 3.43. The minimum Gasteiger partial charge on any atom is -0.497 e. The fourth-order valence-corrected chi connectivity index (χ4v) is 3.92. The number of amides is 1. The number of methoxy groups -OCH3 is 2. The molecule has 3 aromatic carbocycles. The molecule has 0 aromatic heterocycles. The van der Waals surface area contributed by atoms with E-state index in [0.29, 0.717) is 17.2 Å². The number of ether oxygens (including phenoxy) is 2. The van der Waals surface area contributed by atoms with Gasteiger partial charge in [0.05, 0.1) is 24.8 Å². The molecule has 0 saturated heterocycles. The second-order valence-corrected chi connectivity index (χ2v) is 8.05. The van der Waals surface area contributed by atoms with Crippen LogP contribution in [0.25, 0.3) is 0 Å². The molecule has 30 heavy (non-hydrogen) atoms. The summed E-state index contributed by atoms with van der Waals surface area (Å²) < 4.78 is 38.4. The molecular formula is C22H22N2O5S. The Labute approximate surface area is 175 Å². The van der Waals surface area contributed by atoms with E-state index in [1.54, 1.807) is 37.4 Å². The van der Waals surface area contributed by atoms with E-state index in [1.165, 1.54) is 25.3 Å². The molecule has 0 saturated carbocycles. The molecule has 1 amide bonds. The summed E-state index contributed by atoms with van der Waals surface area (Å²) in [6, 6.07) is 19.9. The Bertz CT molecular complexity index is 1150. The summed E-state index contributed by atoms with van der Waals surface area (Å²) >= 11 is 0. The van der Waals surface area contributed by atoms with Crippen molar-refractivity contribution >= 4 is 21.6 Å². The number of sulfonamides is 1. The molecule has 0 spiro atoms. The van der Waals surface area contributed by atoms with Gasteiger partial charge in [-0.05, 0) is 48.0 Å². The van der Waals surface area contributed by atoms with Crippen molar-refractivity contribution in [2.75, 3.05) is 18.9 Å². The van der Waals surface area contributed by atoms with Crippen molar-refractivity contribution in [3.05, 3.63) is 83.9 Å². The molecule has 0 atom stereocenters. The topological polar surface area (TPSA) is 93.7 Å². The number of carbonyl (C=O) groups excluding carboxylic acids is 1. The molecule has 3 rings (SSSR count). The number of para-hydroxylation sites is 2. The zero-order valence-electron chi connectivity index (χ0n) is 16.6. The van der Waals surface area contributed by atoms with Gasteiger partial charge in [0.25, 0.3) is 15.9 Å². The maximum Gasteiger partial charge on any atom is 0.262 e. The van der Waals surface area contributed by atoms with E-state index in [2.05, 4.69) is 10.0 Å². The molecular weight excluding hydrogens is 404 g/mol. The summed E-state index contributed by atoms with van der Waals surface area (Å²) in [5, 5.41) is 2.78. The van der Waals surface area contributed by atoms with Gasteiger partial charge in [-0.25, -0.2) is 8.42 Å². The molecule has 3 aromatic rings. The lowest BCUT2D eigenvalue weighted by Crippen LogP contribution is -2.23. The van der Waals surface area contributed by atoms with Crippen molar-refractivity contribution in [3.8, 4) is 11.5 Å². The third kappa shape index (κ3) is 5.09. The van der Waals surface area contributed by atoms with Gasteiger partial charge >= 0.3 is 0 Å². The van der Waals surface area contributed by atoms with Crippen LogP contribution in [0.3, 0.4) is 0 Å². The van der Waals surface area contributed by atoms with Gasteiger partial charge in [0.2, 0.25) is 0 Å². The van der Waals surface area contributed by atoms with E-state index in [1.807, 2.05) is 24.3 Å². The van der Waals surface area contributed by atoms with Gasteiger partial charge in [-0.1, -0.05) is 30.3 Å². The summed E-state index contributed by atoms with van der Waals surface area (Å²) in [5.74, 6) is 0.706. The lowest BCUT2D eigenvalue weighted by atomic mass is 10.2. The van der Waals surface area contributed by atoms with Crippen molar-refractivity contribution in [2.45, 2.75) is 11.4 Å². The number of carbonyl (C=O) groups is 1. The van der Waals surface area contributed by atoms with Gasteiger partial charge in [0.15, 0.2) is 0 Å². The normalized spacial score (nSPS) is 10.9. The molecule has 0 aliphatic carbocycles. The summed E-state index contributed by atoms with van der Waals surface area (Å²) in [6.07, 6.45) is 0. The predicted molar refractivity (Wildman–Crippen MR) is 114 cm³/mol. The molecule has 0 bridgehead atoms. The van der Waals surface area contributed by atoms with Gasteiger partial charge in [-0.3, -0.25) is 9.52 Å². The first-order valence-electron chi connectivity index (χ1n) is 9.10. The molecule has 0 heterocycles. The van der Waals surface area contributed by atoms with E-state index < -0.39 is 10.0 Å². The Balaban J connectivity index is 1.75. The number of nitrogens with one attached hydrogen (secondary N) is 2. The van der Waals surface area contributed by atoms with Crippen molar-refractivity contribution in [2.24, 2.45) is 0 Å². The summed E-state index contributed by atoms with van der Waals surface area (Å²) in [4.78, 5) is 12.5. The lowest BCUT2D eigenvalue weighted by Gasteiger charge is -2.12. The second-order valence-electron chi connectivity index (χ2n) is 6.37. The Morgan fingerprint density at radius 1 is 0.900 bits per heavy atom. The van der Waals surface area contributed by atoms with Crippen molar-refractivity contribution in [3.63, 3.8) is 0 Å². The number of hydrogen-bond donors (Lipinski definition) is 2. The molecule has 7 nitrogen and oxygen atoms in total. The maximum absolute atomic E-state index is 12.8. The fourth-order valence-electron chi connectivity index (χ4n) is 2.80. The third-order valence-corrected chi connectivity index (χ3v) is 5.71. The third-order valence-electron chi connectivity index (χ3n) is 4.35. The zero-order valence-corrected chi connectivity index (χ0v) is 17.4. The smallest absolute Gasteiger partial charge is 0.262 e. The van der Waals surface area contributed by atoms with E-state index in [0.717, 1.165) is 5.56 Å². The van der Waals surface area contributed by atoms with Crippen LogP contribution in [0, 0.1) is 0 Å². The molecule has 0 radical (unpaired) electrons. The van der Waals surface area contributed by atoms with Crippen LogP contribution in [-0.4, -0.2) is 28.5 Å². The standard InChI is InChI=1S/C22H22N2O5S/c1-28-18-9-5-7-16(13-18)15-23-22(25)17-8-6-10-19(14-17)30(26,27)24-20-11-3-4-12-21(20)29-2/h3-14,24H,15H2,1-2H3,(H,23,25). The highest BCUT2D eigenvalue weighted by atomic mass is 32.2. The van der Waals surface area contributed by atoms with Crippen molar-refractivity contribution in [1.82, 2.24) is 5.32 Å².